The number of carbonyl (C=O) groups is 2. The predicted octanol–water partition coefficient (Wildman–Crippen LogP) is 18.7. The zero-order valence-corrected chi connectivity index (χ0v) is 43.6. The molecule has 0 aliphatic heterocycles. The second kappa shape index (κ2) is 56.8. The Bertz CT molecular complexity index is 1520. The van der Waals surface area contributed by atoms with E-state index in [1.54, 1.807) is 0 Å². The smallest absolute Gasteiger partial charge is 0.310 e. The Morgan fingerprint density at radius 3 is 1.06 bits per heavy atom. The van der Waals surface area contributed by atoms with Crippen LogP contribution in [-0.4, -0.2) is 37.9 Å². The molecule has 0 aromatic rings. The van der Waals surface area contributed by atoms with Crippen LogP contribution in [0.4, 0.5) is 0 Å². The van der Waals surface area contributed by atoms with Crippen molar-refractivity contribution in [3.8, 4) is 0 Å². The van der Waals surface area contributed by atoms with Crippen molar-refractivity contribution < 1.29 is 23.8 Å². The Hall–Kier alpha value is -4.48. The lowest BCUT2D eigenvalue weighted by Gasteiger charge is -2.18. The molecule has 0 rings (SSSR count). The first-order valence-electron chi connectivity index (χ1n) is 27.0. The first-order chi connectivity index (χ1) is 33.6. The van der Waals surface area contributed by atoms with Gasteiger partial charge in [0.25, 0.3) is 0 Å². The third kappa shape index (κ3) is 54.1. The third-order valence-electron chi connectivity index (χ3n) is 10.6. The first kappa shape index (κ1) is 63.5. The average molecular weight is 935 g/mol. The second-order valence-corrected chi connectivity index (χ2v) is 17.0. The van der Waals surface area contributed by atoms with Crippen LogP contribution in [0.15, 0.2) is 158 Å². The van der Waals surface area contributed by atoms with Crippen molar-refractivity contribution in [2.45, 2.75) is 207 Å². The third-order valence-corrected chi connectivity index (χ3v) is 10.6. The van der Waals surface area contributed by atoms with Gasteiger partial charge in [0, 0.05) is 13.0 Å². The zero-order valence-electron chi connectivity index (χ0n) is 43.6. The molecule has 0 aliphatic rings. The zero-order chi connectivity index (χ0) is 49.2. The van der Waals surface area contributed by atoms with E-state index < -0.39 is 6.10 Å². The maximum atomic E-state index is 12.8. The summed E-state index contributed by atoms with van der Waals surface area (Å²) in [4.78, 5) is 25.4. The number of carbonyl (C=O) groups excluding carboxylic acids is 2. The molecule has 0 fully saturated rings. The van der Waals surface area contributed by atoms with Gasteiger partial charge < -0.3 is 14.2 Å². The Morgan fingerprint density at radius 1 is 0.338 bits per heavy atom. The molecule has 0 saturated heterocycles. The fourth-order valence-corrected chi connectivity index (χ4v) is 6.68. The van der Waals surface area contributed by atoms with Crippen molar-refractivity contribution in [3.05, 3.63) is 158 Å². The topological polar surface area (TPSA) is 61.8 Å². The van der Waals surface area contributed by atoms with Crippen molar-refractivity contribution in [1.29, 1.82) is 0 Å². The van der Waals surface area contributed by atoms with E-state index in [1.165, 1.54) is 32.1 Å². The highest BCUT2D eigenvalue weighted by molar-refractivity contribution is 5.71. The standard InChI is InChI=1S/C63H98O5/c1-4-7-10-13-16-19-22-25-28-30-31-32-34-37-40-43-46-49-52-55-58-66-59-61(68-63(65)57-54-51-48-45-42-39-35-27-24-21-18-15-12-9-6-3)60-67-62(64)56-53-50-47-44-41-38-36-33-29-26-23-20-17-14-11-8-5-2/h7-12,16-21,25-29,31-32,35-36,38,42,45,51,54,61H,4-6,13-15,22-24,30,33-34,37,39-41,43-44,46-50,52-53,55-60H2,1-3H3/b10-7-,11-8-,12-9-,19-16-,20-17-,21-18-,28-25-,29-26-,32-31-,35-27-,38-36-,45-42-,54-51-. The van der Waals surface area contributed by atoms with Crippen molar-refractivity contribution in [1.82, 2.24) is 0 Å². The average Bonchev–Trinajstić information content (AvgIpc) is 3.34. The summed E-state index contributed by atoms with van der Waals surface area (Å²) >= 11 is 0. The predicted molar refractivity (Wildman–Crippen MR) is 297 cm³/mol. The van der Waals surface area contributed by atoms with E-state index in [1.807, 2.05) is 12.2 Å². The fourth-order valence-electron chi connectivity index (χ4n) is 6.68. The molecule has 1 unspecified atom stereocenters. The second-order valence-electron chi connectivity index (χ2n) is 17.0. The van der Waals surface area contributed by atoms with E-state index in [2.05, 4.69) is 167 Å². The number of rotatable bonds is 47. The largest absolute Gasteiger partial charge is 0.462 e. The summed E-state index contributed by atoms with van der Waals surface area (Å²) < 4.78 is 17.3. The molecule has 380 valence electrons. The molecule has 0 radical (unpaired) electrons. The molecule has 1 atom stereocenters. The van der Waals surface area contributed by atoms with Crippen LogP contribution in [0.25, 0.3) is 0 Å². The lowest BCUT2D eigenvalue weighted by atomic mass is 10.1. The fraction of sp³-hybridized carbons (Fsp3) is 0.556. The maximum absolute atomic E-state index is 12.8. The molecular weight excluding hydrogens is 837 g/mol. The number of esters is 2. The summed E-state index contributed by atoms with van der Waals surface area (Å²) in [5.74, 6) is -0.590. The van der Waals surface area contributed by atoms with Crippen LogP contribution in [0.3, 0.4) is 0 Å². The Balaban J connectivity index is 4.48. The summed E-state index contributed by atoms with van der Waals surface area (Å²) in [5.41, 5.74) is 0. The molecule has 0 amide bonds. The molecule has 5 nitrogen and oxygen atoms in total. The molecule has 0 aliphatic carbocycles. The molecule has 0 aromatic heterocycles. The SMILES string of the molecule is CC/C=C\C/C=C\C/C=C\C/C=C\C/C=C\CC(=O)OC(COCCCCCCCCC/C=C\C/C=C\C/C=C\C/C=C\CC)COC(=O)CCCCCC/C=C\C/C=C\C/C=C\C/C=C\CC. The van der Waals surface area contributed by atoms with Gasteiger partial charge in [-0.3, -0.25) is 9.59 Å². The van der Waals surface area contributed by atoms with Crippen LogP contribution in [0.1, 0.15) is 201 Å². The van der Waals surface area contributed by atoms with E-state index in [4.69, 9.17) is 14.2 Å². The van der Waals surface area contributed by atoms with E-state index in [0.29, 0.717) is 13.0 Å². The van der Waals surface area contributed by atoms with Gasteiger partial charge in [0.2, 0.25) is 0 Å². The number of hydrogen-bond donors (Lipinski definition) is 0. The molecular formula is C63H98O5. The van der Waals surface area contributed by atoms with Gasteiger partial charge in [0.1, 0.15) is 6.61 Å². The van der Waals surface area contributed by atoms with Gasteiger partial charge >= 0.3 is 11.9 Å². The number of ether oxygens (including phenoxy) is 3. The van der Waals surface area contributed by atoms with Crippen LogP contribution in [0.2, 0.25) is 0 Å². The minimum absolute atomic E-state index is 0.0168. The lowest BCUT2D eigenvalue weighted by Crippen LogP contribution is -2.29. The van der Waals surface area contributed by atoms with Crippen molar-refractivity contribution in [3.63, 3.8) is 0 Å². The molecule has 0 N–H and O–H groups in total. The van der Waals surface area contributed by atoms with Crippen LogP contribution in [-0.2, 0) is 23.8 Å². The highest BCUT2D eigenvalue weighted by Crippen LogP contribution is 2.11. The van der Waals surface area contributed by atoms with Crippen LogP contribution in [0, 0.1) is 0 Å². The molecule has 0 bridgehead atoms. The summed E-state index contributed by atoms with van der Waals surface area (Å²) in [7, 11) is 0. The van der Waals surface area contributed by atoms with Gasteiger partial charge in [0.15, 0.2) is 6.10 Å². The minimum atomic E-state index is -0.620. The van der Waals surface area contributed by atoms with Gasteiger partial charge in [-0.05, 0) is 122 Å². The quantitative estimate of drug-likeness (QED) is 0.0346. The molecule has 0 saturated carbocycles. The Morgan fingerprint density at radius 2 is 0.662 bits per heavy atom. The summed E-state index contributed by atoms with van der Waals surface area (Å²) in [6, 6.07) is 0. The summed E-state index contributed by atoms with van der Waals surface area (Å²) in [5, 5.41) is 0. The number of unbranched alkanes of at least 4 members (excludes halogenated alkanes) is 11. The molecule has 68 heavy (non-hydrogen) atoms. The van der Waals surface area contributed by atoms with Gasteiger partial charge in [-0.15, -0.1) is 0 Å². The highest BCUT2D eigenvalue weighted by Gasteiger charge is 2.17. The monoisotopic (exact) mass is 935 g/mol. The molecule has 0 aromatic carbocycles. The maximum Gasteiger partial charge on any atom is 0.310 e. The van der Waals surface area contributed by atoms with Crippen LogP contribution in [0.5, 0.6) is 0 Å². The number of allylic oxidation sites excluding steroid dienone is 25. The van der Waals surface area contributed by atoms with E-state index in [0.717, 1.165) is 135 Å². The van der Waals surface area contributed by atoms with Gasteiger partial charge in [-0.25, -0.2) is 0 Å². The first-order valence-corrected chi connectivity index (χ1v) is 27.0. The summed E-state index contributed by atoms with van der Waals surface area (Å²) in [6.45, 7) is 7.30. The summed E-state index contributed by atoms with van der Waals surface area (Å²) in [6.07, 6.45) is 84.3. The lowest BCUT2D eigenvalue weighted by molar-refractivity contribution is -0.162. The van der Waals surface area contributed by atoms with Gasteiger partial charge in [-0.1, -0.05) is 224 Å². The van der Waals surface area contributed by atoms with E-state index >= 15 is 0 Å². The van der Waals surface area contributed by atoms with Crippen LogP contribution < -0.4 is 0 Å². The van der Waals surface area contributed by atoms with E-state index in [-0.39, 0.29) is 31.6 Å². The van der Waals surface area contributed by atoms with Gasteiger partial charge in [-0.2, -0.15) is 0 Å². The molecule has 5 heteroatoms. The molecule has 0 spiro atoms. The van der Waals surface area contributed by atoms with Crippen LogP contribution >= 0.6 is 0 Å². The minimum Gasteiger partial charge on any atom is -0.462 e. The normalized spacial score (nSPS) is 13.5. The van der Waals surface area contributed by atoms with Crippen molar-refractivity contribution >= 4 is 11.9 Å². The Kier molecular flexibility index (Phi) is 53.1. The Labute approximate surface area is 418 Å². The van der Waals surface area contributed by atoms with Crippen molar-refractivity contribution in [2.75, 3.05) is 19.8 Å². The van der Waals surface area contributed by atoms with Gasteiger partial charge in [0.05, 0.1) is 13.0 Å². The number of hydrogen-bond acceptors (Lipinski definition) is 5. The highest BCUT2D eigenvalue weighted by atomic mass is 16.6. The molecule has 0 heterocycles. The van der Waals surface area contributed by atoms with Crippen molar-refractivity contribution in [2.24, 2.45) is 0 Å². The van der Waals surface area contributed by atoms with E-state index in [9.17, 15) is 9.59 Å².